The first-order valence-corrected chi connectivity index (χ1v) is 9.23. The maximum Gasteiger partial charge on any atom is 0.321 e. The van der Waals surface area contributed by atoms with Crippen molar-refractivity contribution in [2.45, 2.75) is 51.2 Å². The molecule has 7 nitrogen and oxygen atoms in total. The quantitative estimate of drug-likeness (QED) is 0.839. The normalized spacial score (nSPS) is 17.8. The predicted octanol–water partition coefficient (Wildman–Crippen LogP) is 2.05. The third kappa shape index (κ3) is 4.66. The summed E-state index contributed by atoms with van der Waals surface area (Å²) in [4.78, 5) is 26.2. The molecule has 7 heteroatoms. The van der Waals surface area contributed by atoms with Crippen LogP contribution < -0.4 is 20.1 Å². The molecule has 26 heavy (non-hydrogen) atoms. The lowest BCUT2D eigenvalue weighted by Gasteiger charge is -2.25. The number of carbonyl (C=O) groups excluding carboxylic acids is 2. The van der Waals surface area contributed by atoms with Gasteiger partial charge < -0.3 is 14.8 Å². The Hall–Kier alpha value is -2.28. The monoisotopic (exact) mass is 361 g/mol. The van der Waals surface area contributed by atoms with Gasteiger partial charge in [0.15, 0.2) is 11.5 Å². The third-order valence-corrected chi connectivity index (χ3v) is 5.01. The first-order valence-electron chi connectivity index (χ1n) is 9.23. The van der Waals surface area contributed by atoms with Gasteiger partial charge in [-0.1, -0.05) is 18.9 Å². The number of hydrogen-bond donors (Lipinski definition) is 2. The molecular formula is C19H27N3O4. The van der Waals surface area contributed by atoms with Crippen LogP contribution in [0.1, 0.15) is 38.2 Å². The highest BCUT2D eigenvalue weighted by atomic mass is 16.6. The van der Waals surface area contributed by atoms with Crippen molar-refractivity contribution < 1.29 is 19.1 Å². The van der Waals surface area contributed by atoms with E-state index in [2.05, 4.69) is 10.6 Å². The van der Waals surface area contributed by atoms with Crippen LogP contribution in [0.15, 0.2) is 18.2 Å². The molecule has 1 atom stereocenters. The van der Waals surface area contributed by atoms with E-state index in [1.165, 1.54) is 0 Å². The summed E-state index contributed by atoms with van der Waals surface area (Å²) in [5.74, 6) is 1.17. The van der Waals surface area contributed by atoms with Crippen molar-refractivity contribution in [2.24, 2.45) is 0 Å². The molecule has 0 bridgehead atoms. The van der Waals surface area contributed by atoms with Crippen LogP contribution in [0.5, 0.6) is 11.5 Å². The van der Waals surface area contributed by atoms with Crippen LogP contribution >= 0.6 is 0 Å². The molecule has 0 saturated heterocycles. The Kier molecular flexibility index (Phi) is 5.98. The standard InChI is InChI=1S/C19H27N3O4/c1-13(18(23)21-19(24)20-15-5-3-4-6-15)22(2)12-14-7-8-16-17(11-14)26-10-9-25-16/h7-8,11,13,15H,3-6,9-10,12H2,1-2H3,(H2,20,21,23,24)/t13-/m0/s1. The average molecular weight is 361 g/mol. The fourth-order valence-corrected chi connectivity index (χ4v) is 3.32. The van der Waals surface area contributed by atoms with Gasteiger partial charge >= 0.3 is 6.03 Å². The van der Waals surface area contributed by atoms with Crippen molar-refractivity contribution in [1.29, 1.82) is 0 Å². The maximum atomic E-state index is 12.3. The van der Waals surface area contributed by atoms with Crippen LogP contribution in [0.3, 0.4) is 0 Å². The predicted molar refractivity (Wildman–Crippen MR) is 97.3 cm³/mol. The van der Waals surface area contributed by atoms with E-state index in [4.69, 9.17) is 9.47 Å². The number of hydrogen-bond acceptors (Lipinski definition) is 5. The molecule has 1 saturated carbocycles. The highest BCUT2D eigenvalue weighted by molar-refractivity contribution is 5.96. The summed E-state index contributed by atoms with van der Waals surface area (Å²) in [6.07, 6.45) is 4.24. The lowest BCUT2D eigenvalue weighted by molar-refractivity contribution is -0.124. The van der Waals surface area contributed by atoms with Gasteiger partial charge in [0.1, 0.15) is 13.2 Å². The van der Waals surface area contributed by atoms with E-state index >= 15 is 0 Å². The molecule has 0 radical (unpaired) electrons. The molecule has 1 aromatic carbocycles. The summed E-state index contributed by atoms with van der Waals surface area (Å²) >= 11 is 0. The molecule has 0 unspecified atom stereocenters. The van der Waals surface area contributed by atoms with Gasteiger partial charge in [0.25, 0.3) is 0 Å². The van der Waals surface area contributed by atoms with Gasteiger partial charge in [-0.25, -0.2) is 4.79 Å². The summed E-state index contributed by atoms with van der Waals surface area (Å²) in [6.45, 7) is 3.46. The largest absolute Gasteiger partial charge is 0.486 e. The molecule has 3 amide bonds. The Morgan fingerprint density at radius 1 is 1.19 bits per heavy atom. The van der Waals surface area contributed by atoms with Gasteiger partial charge in [-0.15, -0.1) is 0 Å². The zero-order chi connectivity index (χ0) is 18.5. The summed E-state index contributed by atoms with van der Waals surface area (Å²) in [6, 6.07) is 5.13. The van der Waals surface area contributed by atoms with Gasteiger partial charge in [-0.3, -0.25) is 15.0 Å². The molecule has 142 valence electrons. The van der Waals surface area contributed by atoms with Gasteiger partial charge in [0.05, 0.1) is 6.04 Å². The number of nitrogens with zero attached hydrogens (tertiary/aromatic N) is 1. The fourth-order valence-electron chi connectivity index (χ4n) is 3.32. The Balaban J connectivity index is 1.50. The van der Waals surface area contributed by atoms with Crippen molar-refractivity contribution in [3.8, 4) is 11.5 Å². The van der Waals surface area contributed by atoms with Crippen molar-refractivity contribution in [3.05, 3.63) is 23.8 Å². The molecule has 2 N–H and O–H groups in total. The van der Waals surface area contributed by atoms with Crippen LogP contribution in [0.25, 0.3) is 0 Å². The van der Waals surface area contributed by atoms with Crippen LogP contribution in [0.2, 0.25) is 0 Å². The number of rotatable bonds is 5. The molecule has 2 aliphatic rings. The number of nitrogens with one attached hydrogen (secondary N) is 2. The van der Waals surface area contributed by atoms with Crippen molar-refractivity contribution in [1.82, 2.24) is 15.5 Å². The molecule has 1 aliphatic carbocycles. The molecule has 1 fully saturated rings. The number of benzene rings is 1. The molecule has 1 aliphatic heterocycles. The number of ether oxygens (including phenoxy) is 2. The van der Waals surface area contributed by atoms with Crippen LogP contribution in [-0.4, -0.2) is 49.2 Å². The molecule has 3 rings (SSSR count). The fraction of sp³-hybridized carbons (Fsp3) is 0.579. The zero-order valence-corrected chi connectivity index (χ0v) is 15.4. The maximum absolute atomic E-state index is 12.3. The molecule has 1 aromatic rings. The van der Waals surface area contributed by atoms with Crippen LogP contribution in [-0.2, 0) is 11.3 Å². The number of urea groups is 1. The number of likely N-dealkylation sites (N-methyl/N-ethyl adjacent to an activating group) is 1. The molecule has 0 spiro atoms. The minimum absolute atomic E-state index is 0.188. The molecular weight excluding hydrogens is 334 g/mol. The Morgan fingerprint density at radius 3 is 2.62 bits per heavy atom. The number of fused-ring (bicyclic) bond motifs is 1. The van der Waals surface area contributed by atoms with E-state index in [-0.39, 0.29) is 11.9 Å². The van der Waals surface area contributed by atoms with Gasteiger partial charge in [0, 0.05) is 12.6 Å². The SMILES string of the molecule is C[C@@H](C(=O)NC(=O)NC1CCCC1)N(C)Cc1ccc2c(c1)OCCO2. The van der Waals surface area contributed by atoms with E-state index in [0.29, 0.717) is 19.8 Å². The van der Waals surface area contributed by atoms with E-state index < -0.39 is 12.1 Å². The van der Waals surface area contributed by atoms with E-state index in [1.54, 1.807) is 6.92 Å². The number of imide groups is 1. The van der Waals surface area contributed by atoms with Gasteiger partial charge in [-0.2, -0.15) is 0 Å². The summed E-state index contributed by atoms with van der Waals surface area (Å²) < 4.78 is 11.1. The van der Waals surface area contributed by atoms with Gasteiger partial charge in [0.2, 0.25) is 5.91 Å². The Labute approximate surface area is 154 Å². The Morgan fingerprint density at radius 2 is 1.88 bits per heavy atom. The lowest BCUT2D eigenvalue weighted by atomic mass is 10.1. The summed E-state index contributed by atoms with van der Waals surface area (Å²) in [5.41, 5.74) is 1.02. The number of amides is 3. The second kappa shape index (κ2) is 8.40. The van der Waals surface area contributed by atoms with E-state index in [9.17, 15) is 9.59 Å². The topological polar surface area (TPSA) is 79.9 Å². The zero-order valence-electron chi connectivity index (χ0n) is 15.4. The third-order valence-electron chi connectivity index (χ3n) is 5.01. The highest BCUT2D eigenvalue weighted by Crippen LogP contribution is 2.31. The van der Waals surface area contributed by atoms with Crippen molar-refractivity contribution in [2.75, 3.05) is 20.3 Å². The molecule has 0 aromatic heterocycles. The van der Waals surface area contributed by atoms with Gasteiger partial charge in [-0.05, 0) is 44.5 Å². The van der Waals surface area contributed by atoms with Crippen LogP contribution in [0.4, 0.5) is 4.79 Å². The Bertz CT molecular complexity index is 658. The second-order valence-electron chi connectivity index (χ2n) is 7.01. The first-order chi connectivity index (χ1) is 12.5. The van der Waals surface area contributed by atoms with E-state index in [1.807, 2.05) is 30.1 Å². The molecule has 1 heterocycles. The van der Waals surface area contributed by atoms with Crippen LogP contribution in [0, 0.1) is 0 Å². The lowest BCUT2D eigenvalue weighted by Crippen LogP contribution is -2.50. The highest BCUT2D eigenvalue weighted by Gasteiger charge is 2.23. The minimum atomic E-state index is -0.433. The van der Waals surface area contributed by atoms with Crippen molar-refractivity contribution in [3.63, 3.8) is 0 Å². The van der Waals surface area contributed by atoms with Crippen molar-refractivity contribution >= 4 is 11.9 Å². The second-order valence-corrected chi connectivity index (χ2v) is 7.01. The number of carbonyl (C=O) groups is 2. The average Bonchev–Trinajstić information content (AvgIpc) is 3.13. The van der Waals surface area contributed by atoms with E-state index in [0.717, 1.165) is 42.7 Å². The summed E-state index contributed by atoms with van der Waals surface area (Å²) in [7, 11) is 1.86. The minimum Gasteiger partial charge on any atom is -0.486 e. The summed E-state index contributed by atoms with van der Waals surface area (Å²) in [5, 5.41) is 5.32. The first kappa shape index (κ1) is 18.5. The smallest absolute Gasteiger partial charge is 0.321 e.